The number of anilines is 9. The molecule has 0 spiro atoms. The van der Waals surface area contributed by atoms with Crippen molar-refractivity contribution >= 4 is 117 Å². The summed E-state index contributed by atoms with van der Waals surface area (Å²) in [5.74, 6) is 0. The molecule has 83 heavy (non-hydrogen) atoms. The quantitative estimate of drug-likeness (QED) is 0.111. The van der Waals surface area contributed by atoms with E-state index in [0.717, 1.165) is 34.1 Å². The van der Waals surface area contributed by atoms with E-state index in [0.29, 0.717) is 0 Å². The van der Waals surface area contributed by atoms with Crippen molar-refractivity contribution in [2.75, 3.05) is 14.7 Å². The highest BCUT2D eigenvalue weighted by Gasteiger charge is 2.46. The van der Waals surface area contributed by atoms with Gasteiger partial charge in [-0.2, -0.15) is 0 Å². The third-order valence-corrected chi connectivity index (χ3v) is 18.5. The molecule has 0 radical (unpaired) electrons. The van der Waals surface area contributed by atoms with Gasteiger partial charge < -0.3 is 14.7 Å². The predicted molar refractivity (Wildman–Crippen MR) is 359 cm³/mol. The molecule has 0 amide bonds. The van der Waals surface area contributed by atoms with Crippen LogP contribution in [0.2, 0.25) is 0 Å². The van der Waals surface area contributed by atoms with Gasteiger partial charge in [-0.25, -0.2) is 0 Å². The van der Waals surface area contributed by atoms with Gasteiger partial charge in [0.05, 0.1) is 5.69 Å². The Hall–Kier alpha value is -9.42. The molecule has 3 heterocycles. The molecule has 2 aliphatic rings. The number of rotatable bonds is 8. The number of hydrogen-bond donors (Lipinski definition) is 0. The number of para-hydroxylation sites is 2. The van der Waals surface area contributed by atoms with Crippen molar-refractivity contribution in [3.8, 4) is 33.4 Å². The highest BCUT2D eigenvalue weighted by atomic mass is 32.1. The maximum absolute atomic E-state index is 2.64. The molecule has 0 saturated carbocycles. The SMILES string of the molecule is CC(C)(C)c1cc2c3c(c1)N(c1ccc(-c4ccccc4)cc1)c1c(sc4ccc(C(C)(C)C)cc14)B3c1ccc(N(c3ccccc3)c3ccccc3)cc1N2c1ccc2c(-c3ccccc3)c3ccccc3c(-c3ccccc3)c2c1. The molecule has 1 aromatic heterocycles. The molecular formula is C78H62BN3S. The molecule has 13 aromatic rings. The maximum Gasteiger partial charge on any atom is 0.264 e. The lowest BCUT2D eigenvalue weighted by molar-refractivity contribution is 0.590. The van der Waals surface area contributed by atoms with E-state index in [4.69, 9.17) is 0 Å². The molecule has 0 saturated heterocycles. The summed E-state index contributed by atoms with van der Waals surface area (Å²) >= 11 is 1.96. The van der Waals surface area contributed by atoms with Crippen molar-refractivity contribution in [3.63, 3.8) is 0 Å². The highest BCUT2D eigenvalue weighted by Crippen LogP contribution is 2.53. The largest absolute Gasteiger partial charge is 0.311 e. The summed E-state index contributed by atoms with van der Waals surface area (Å²) in [4.78, 5) is 7.68. The number of fused-ring (bicyclic) bond motifs is 8. The average Bonchev–Trinajstić information content (AvgIpc) is 2.16. The van der Waals surface area contributed by atoms with Gasteiger partial charge in [0.25, 0.3) is 6.71 Å². The zero-order valence-corrected chi connectivity index (χ0v) is 48.5. The van der Waals surface area contributed by atoms with Crippen molar-refractivity contribution in [2.45, 2.75) is 52.4 Å². The first-order chi connectivity index (χ1) is 40.5. The zero-order chi connectivity index (χ0) is 56.1. The minimum Gasteiger partial charge on any atom is -0.311 e. The van der Waals surface area contributed by atoms with Crippen LogP contribution < -0.4 is 30.4 Å². The van der Waals surface area contributed by atoms with Crippen LogP contribution in [0.5, 0.6) is 0 Å². The third kappa shape index (κ3) is 8.47. The van der Waals surface area contributed by atoms with E-state index in [2.05, 4.69) is 323 Å². The predicted octanol–water partition coefficient (Wildman–Crippen LogP) is 20.4. The van der Waals surface area contributed by atoms with Crippen molar-refractivity contribution in [1.29, 1.82) is 0 Å². The summed E-state index contributed by atoms with van der Waals surface area (Å²) in [5.41, 5.74) is 22.6. The summed E-state index contributed by atoms with van der Waals surface area (Å²) < 4.78 is 2.65. The molecule has 12 aromatic carbocycles. The fourth-order valence-corrected chi connectivity index (χ4v) is 14.5. The Labute approximate surface area is 492 Å². The van der Waals surface area contributed by atoms with Crippen LogP contribution in [0, 0.1) is 0 Å². The summed E-state index contributed by atoms with van der Waals surface area (Å²) in [6, 6.07) is 99.8. The first kappa shape index (κ1) is 50.5. The Kier molecular flexibility index (Phi) is 12.0. The summed E-state index contributed by atoms with van der Waals surface area (Å²) in [6.07, 6.45) is 0. The van der Waals surface area contributed by atoms with Gasteiger partial charge in [0.2, 0.25) is 0 Å². The zero-order valence-electron chi connectivity index (χ0n) is 47.7. The molecule has 0 N–H and O–H groups in total. The fraction of sp³-hybridized carbons (Fsp3) is 0.103. The van der Waals surface area contributed by atoms with Crippen molar-refractivity contribution in [2.24, 2.45) is 0 Å². The Morgan fingerprint density at radius 3 is 1.42 bits per heavy atom. The highest BCUT2D eigenvalue weighted by molar-refractivity contribution is 7.33. The molecule has 0 atom stereocenters. The monoisotopic (exact) mass is 1080 g/mol. The third-order valence-electron chi connectivity index (χ3n) is 17.3. The van der Waals surface area contributed by atoms with E-state index in [-0.39, 0.29) is 17.5 Å². The van der Waals surface area contributed by atoms with Gasteiger partial charge in [-0.05, 0) is 173 Å². The summed E-state index contributed by atoms with van der Waals surface area (Å²) in [5, 5.41) is 6.21. The average molecular weight is 1080 g/mol. The molecule has 0 aliphatic carbocycles. The van der Waals surface area contributed by atoms with Crippen LogP contribution >= 0.6 is 11.3 Å². The lowest BCUT2D eigenvalue weighted by Gasteiger charge is -2.44. The second-order valence-electron chi connectivity index (χ2n) is 24.5. The van der Waals surface area contributed by atoms with E-state index in [1.165, 1.54) is 109 Å². The molecule has 398 valence electrons. The van der Waals surface area contributed by atoms with Crippen LogP contribution in [0.15, 0.2) is 267 Å². The lowest BCUT2D eigenvalue weighted by Crippen LogP contribution is -2.60. The topological polar surface area (TPSA) is 9.72 Å². The van der Waals surface area contributed by atoms with Gasteiger partial charge in [0.15, 0.2) is 0 Å². The Balaban J connectivity index is 1.07. The van der Waals surface area contributed by atoms with E-state index in [9.17, 15) is 0 Å². The summed E-state index contributed by atoms with van der Waals surface area (Å²) in [7, 11) is 0. The van der Waals surface area contributed by atoms with Crippen LogP contribution in [0.25, 0.3) is 65.0 Å². The second-order valence-corrected chi connectivity index (χ2v) is 25.6. The van der Waals surface area contributed by atoms with E-state index < -0.39 is 0 Å². The van der Waals surface area contributed by atoms with Gasteiger partial charge in [-0.1, -0.05) is 224 Å². The van der Waals surface area contributed by atoms with Crippen LogP contribution in [0.1, 0.15) is 52.7 Å². The maximum atomic E-state index is 2.64. The van der Waals surface area contributed by atoms with E-state index in [1.807, 2.05) is 11.3 Å². The lowest BCUT2D eigenvalue weighted by atomic mass is 9.36. The molecule has 0 unspecified atom stereocenters. The van der Waals surface area contributed by atoms with Crippen molar-refractivity contribution < 1.29 is 0 Å². The first-order valence-electron chi connectivity index (χ1n) is 29.1. The van der Waals surface area contributed by atoms with Gasteiger partial charge in [0, 0.05) is 60.4 Å². The number of benzene rings is 12. The fourth-order valence-electron chi connectivity index (χ4n) is 13.2. The first-order valence-corrected chi connectivity index (χ1v) is 29.9. The van der Waals surface area contributed by atoms with Crippen LogP contribution in [0.4, 0.5) is 51.2 Å². The van der Waals surface area contributed by atoms with Gasteiger partial charge >= 0.3 is 0 Å². The standard InChI is InChI=1S/C78H62BN3S/c1-77(2,3)55-38-45-71-66(46-55)75-76(83-71)79-67-44-42-61(80(57-30-18-10-19-31-57)58-32-20-11-21-33-58)50-68(67)81(69-47-56(78(4,5)6)48-70(74(69)79)82(75)59-39-36-52(37-40-59)51-24-12-7-13-25-51)60-41-43-64-65(49-60)73(54-28-16-9-17-29-54)63-35-23-22-34-62(63)72(64)53-26-14-8-15-27-53/h7-50H,1-6H3. The minimum atomic E-state index is -0.209. The van der Waals surface area contributed by atoms with Gasteiger partial charge in [-0.3, -0.25) is 0 Å². The molecular weight excluding hydrogens is 1020 g/mol. The van der Waals surface area contributed by atoms with Crippen molar-refractivity contribution in [1.82, 2.24) is 0 Å². The molecule has 2 aliphatic heterocycles. The molecule has 3 nitrogen and oxygen atoms in total. The molecule has 0 fully saturated rings. The van der Waals surface area contributed by atoms with Crippen molar-refractivity contribution in [3.05, 3.63) is 278 Å². The van der Waals surface area contributed by atoms with Crippen LogP contribution in [-0.4, -0.2) is 6.71 Å². The number of nitrogens with zero attached hydrogens (tertiary/aromatic N) is 3. The molecule has 15 rings (SSSR count). The number of thiophene rings is 1. The minimum absolute atomic E-state index is 0.0452. The smallest absolute Gasteiger partial charge is 0.264 e. The van der Waals surface area contributed by atoms with Crippen LogP contribution in [-0.2, 0) is 10.8 Å². The second kappa shape index (κ2) is 19.6. The summed E-state index contributed by atoms with van der Waals surface area (Å²) in [6.45, 7) is 14.0. The van der Waals surface area contributed by atoms with E-state index in [1.54, 1.807) is 0 Å². The Morgan fingerprint density at radius 1 is 0.349 bits per heavy atom. The molecule has 5 heteroatoms. The molecule has 0 bridgehead atoms. The van der Waals surface area contributed by atoms with Gasteiger partial charge in [-0.15, -0.1) is 11.3 Å². The normalized spacial score (nSPS) is 12.9. The Bertz CT molecular complexity index is 4580. The Morgan fingerprint density at radius 2 is 0.843 bits per heavy atom. The van der Waals surface area contributed by atoms with E-state index >= 15 is 0 Å². The van der Waals surface area contributed by atoms with Crippen LogP contribution in [0.3, 0.4) is 0 Å². The van der Waals surface area contributed by atoms with Gasteiger partial charge in [0.1, 0.15) is 0 Å². The number of hydrogen-bond acceptors (Lipinski definition) is 4.